The maximum Gasteiger partial charge on any atom is 0.0547 e. The summed E-state index contributed by atoms with van der Waals surface area (Å²) in [5, 5.41) is 2.55. The summed E-state index contributed by atoms with van der Waals surface area (Å²) in [6.45, 7) is 4.70. The smallest absolute Gasteiger partial charge is 0.0547 e. The molecule has 0 fully saturated rings. The topological polar surface area (TPSA) is 4.93 Å². The fourth-order valence-electron chi connectivity index (χ4n) is 6.88. The van der Waals surface area contributed by atoms with Gasteiger partial charge in [0.05, 0.1) is 16.7 Å². The Morgan fingerprint density at radius 2 is 1.15 bits per heavy atom. The first-order valence-electron chi connectivity index (χ1n) is 14.1. The molecule has 0 spiro atoms. The van der Waals surface area contributed by atoms with Crippen molar-refractivity contribution < 1.29 is 0 Å². The van der Waals surface area contributed by atoms with Gasteiger partial charge in [-0.25, -0.2) is 0 Å². The van der Waals surface area contributed by atoms with Crippen molar-refractivity contribution in [2.45, 2.75) is 19.3 Å². The lowest BCUT2D eigenvalue weighted by Crippen LogP contribution is -2.14. The van der Waals surface area contributed by atoms with Gasteiger partial charge in [-0.15, -0.1) is 0 Å². The van der Waals surface area contributed by atoms with Gasteiger partial charge in [-0.3, -0.25) is 0 Å². The quantitative estimate of drug-likeness (QED) is 0.193. The summed E-state index contributed by atoms with van der Waals surface area (Å²) in [4.78, 5) is 0. The zero-order valence-electron chi connectivity index (χ0n) is 23.0. The van der Waals surface area contributed by atoms with E-state index in [0.29, 0.717) is 0 Å². The lowest BCUT2D eigenvalue weighted by molar-refractivity contribution is 0.660. The molecule has 0 aliphatic heterocycles. The van der Waals surface area contributed by atoms with Crippen LogP contribution in [-0.4, -0.2) is 4.57 Å². The van der Waals surface area contributed by atoms with Crippen LogP contribution >= 0.6 is 15.9 Å². The second-order valence-electron chi connectivity index (χ2n) is 11.5. The van der Waals surface area contributed by atoms with Gasteiger partial charge in [-0.1, -0.05) is 127 Å². The molecule has 6 aromatic carbocycles. The summed E-state index contributed by atoms with van der Waals surface area (Å²) in [5.74, 6) is 0. The molecule has 8 rings (SSSR count). The van der Waals surface area contributed by atoms with E-state index >= 15 is 0 Å². The minimum atomic E-state index is -0.0429. The van der Waals surface area contributed by atoms with E-state index in [2.05, 4.69) is 168 Å². The highest BCUT2D eigenvalue weighted by Gasteiger charge is 2.37. The molecule has 0 bridgehead atoms. The van der Waals surface area contributed by atoms with E-state index in [-0.39, 0.29) is 5.41 Å². The van der Waals surface area contributed by atoms with Crippen LogP contribution < -0.4 is 0 Å². The Kier molecular flexibility index (Phi) is 5.39. The van der Waals surface area contributed by atoms with Crippen LogP contribution in [0.2, 0.25) is 0 Å². The van der Waals surface area contributed by atoms with Gasteiger partial charge in [-0.2, -0.15) is 0 Å². The lowest BCUT2D eigenvalue weighted by atomic mass is 9.82. The molecule has 1 aromatic heterocycles. The molecule has 0 unspecified atom stereocenters. The van der Waals surface area contributed by atoms with E-state index in [9.17, 15) is 0 Å². The van der Waals surface area contributed by atoms with Crippen molar-refractivity contribution in [2.24, 2.45) is 0 Å². The number of aromatic nitrogens is 1. The number of rotatable bonds is 3. The van der Waals surface area contributed by atoms with Gasteiger partial charge in [0.2, 0.25) is 0 Å². The van der Waals surface area contributed by atoms with Crippen LogP contribution in [-0.2, 0) is 5.41 Å². The molecule has 1 aliphatic carbocycles. The normalized spacial score (nSPS) is 13.4. The Labute approximate surface area is 248 Å². The maximum atomic E-state index is 3.63. The Morgan fingerprint density at radius 1 is 0.512 bits per heavy atom. The SMILES string of the molecule is CC1(C)c2ccccc2-c2c(-n3c4ccccc4c4ccc(-c5cccc(-c6cccc(Br)c6)c5)cc43)cccc21. The summed E-state index contributed by atoms with van der Waals surface area (Å²) in [7, 11) is 0. The summed E-state index contributed by atoms with van der Waals surface area (Å²) in [6, 6.07) is 48.9. The third-order valence-electron chi connectivity index (χ3n) is 8.85. The molecule has 0 N–H and O–H groups in total. The fraction of sp³-hybridized carbons (Fsp3) is 0.0769. The van der Waals surface area contributed by atoms with Crippen molar-refractivity contribution in [2.75, 3.05) is 0 Å². The number of hydrogen-bond acceptors (Lipinski definition) is 0. The van der Waals surface area contributed by atoms with Gasteiger partial charge in [0.25, 0.3) is 0 Å². The van der Waals surface area contributed by atoms with Crippen molar-refractivity contribution in [1.82, 2.24) is 4.57 Å². The first-order chi connectivity index (χ1) is 20.0. The van der Waals surface area contributed by atoms with Crippen LogP contribution in [0.25, 0.3) is 60.9 Å². The van der Waals surface area contributed by atoms with Crippen LogP contribution in [0, 0.1) is 0 Å². The summed E-state index contributed by atoms with van der Waals surface area (Å²) >= 11 is 3.63. The Balaban J connectivity index is 1.39. The monoisotopic (exact) mass is 589 g/mol. The van der Waals surface area contributed by atoms with Crippen LogP contribution in [0.15, 0.2) is 138 Å². The largest absolute Gasteiger partial charge is 0.309 e. The van der Waals surface area contributed by atoms with Crippen LogP contribution in [0.1, 0.15) is 25.0 Å². The molecule has 0 saturated carbocycles. The number of fused-ring (bicyclic) bond motifs is 6. The van der Waals surface area contributed by atoms with Gasteiger partial charge in [0.15, 0.2) is 0 Å². The van der Waals surface area contributed by atoms with Crippen LogP contribution in [0.3, 0.4) is 0 Å². The molecule has 0 saturated heterocycles. The van der Waals surface area contributed by atoms with Gasteiger partial charge in [-0.05, 0) is 75.3 Å². The van der Waals surface area contributed by atoms with Crippen molar-refractivity contribution >= 4 is 37.7 Å². The summed E-state index contributed by atoms with van der Waals surface area (Å²) in [5.41, 5.74) is 14.0. The predicted octanol–water partition coefficient (Wildman–Crippen LogP) is 11.2. The minimum absolute atomic E-state index is 0.0429. The third-order valence-corrected chi connectivity index (χ3v) is 9.35. The molecule has 2 heteroatoms. The van der Waals surface area contributed by atoms with E-state index in [1.165, 1.54) is 72.0 Å². The predicted molar refractivity (Wildman–Crippen MR) is 177 cm³/mol. The highest BCUT2D eigenvalue weighted by molar-refractivity contribution is 9.10. The molecule has 0 atom stereocenters. The van der Waals surface area contributed by atoms with Gasteiger partial charge in [0, 0.05) is 26.2 Å². The number of nitrogens with zero attached hydrogens (tertiary/aromatic N) is 1. The molecule has 1 heterocycles. The van der Waals surface area contributed by atoms with E-state index in [0.717, 1.165) is 4.47 Å². The van der Waals surface area contributed by atoms with Gasteiger partial charge in [0.1, 0.15) is 0 Å². The van der Waals surface area contributed by atoms with Crippen molar-refractivity contribution in [1.29, 1.82) is 0 Å². The number of halogens is 1. The third kappa shape index (κ3) is 3.67. The molecule has 0 radical (unpaired) electrons. The van der Waals surface area contributed by atoms with E-state index in [4.69, 9.17) is 0 Å². The lowest BCUT2D eigenvalue weighted by Gasteiger charge is -2.22. The second kappa shape index (κ2) is 9.06. The highest BCUT2D eigenvalue weighted by Crippen LogP contribution is 2.51. The molecule has 7 aromatic rings. The maximum absolute atomic E-state index is 3.63. The fourth-order valence-corrected chi connectivity index (χ4v) is 7.28. The standard InChI is InChI=1S/C39H28BrN/c1-39(2)33-16-5-3-15-32(33)38-34(39)17-9-19-36(38)41-35-18-6-4-14-30(35)31-21-20-28(24-37(31)41)26-11-7-10-25(22-26)27-12-8-13-29(40)23-27/h3-24H,1-2H3. The Morgan fingerprint density at radius 3 is 1.98 bits per heavy atom. The molecule has 0 amide bonds. The van der Waals surface area contributed by atoms with Crippen LogP contribution in [0.5, 0.6) is 0 Å². The molecule has 1 nitrogen and oxygen atoms in total. The van der Waals surface area contributed by atoms with Gasteiger partial charge >= 0.3 is 0 Å². The number of benzene rings is 6. The first kappa shape index (κ1) is 24.4. The molecular formula is C39H28BrN. The average Bonchev–Trinajstić information content (AvgIpc) is 3.46. The zero-order valence-corrected chi connectivity index (χ0v) is 24.6. The summed E-state index contributed by atoms with van der Waals surface area (Å²) < 4.78 is 3.58. The van der Waals surface area contributed by atoms with E-state index in [1.54, 1.807) is 0 Å². The first-order valence-corrected chi connectivity index (χ1v) is 14.9. The molecular weight excluding hydrogens is 562 g/mol. The number of para-hydroxylation sites is 1. The highest BCUT2D eigenvalue weighted by atomic mass is 79.9. The average molecular weight is 591 g/mol. The number of hydrogen-bond donors (Lipinski definition) is 0. The molecule has 1 aliphatic rings. The molecule has 41 heavy (non-hydrogen) atoms. The second-order valence-corrected chi connectivity index (χ2v) is 12.5. The van der Waals surface area contributed by atoms with Crippen molar-refractivity contribution in [3.05, 3.63) is 149 Å². The molecule has 196 valence electrons. The Bertz CT molecular complexity index is 2150. The minimum Gasteiger partial charge on any atom is -0.309 e. The van der Waals surface area contributed by atoms with E-state index in [1.807, 2.05) is 0 Å². The van der Waals surface area contributed by atoms with Gasteiger partial charge < -0.3 is 4.57 Å². The van der Waals surface area contributed by atoms with Crippen molar-refractivity contribution in [3.63, 3.8) is 0 Å². The summed E-state index contributed by atoms with van der Waals surface area (Å²) in [6.07, 6.45) is 0. The van der Waals surface area contributed by atoms with E-state index < -0.39 is 0 Å². The van der Waals surface area contributed by atoms with Crippen LogP contribution in [0.4, 0.5) is 0 Å². The zero-order chi connectivity index (χ0) is 27.7. The van der Waals surface area contributed by atoms with Crippen molar-refractivity contribution in [3.8, 4) is 39.1 Å². The Hall–Kier alpha value is -4.40.